The molecular weight excluding hydrogens is 190 g/mol. The van der Waals surface area contributed by atoms with Crippen molar-refractivity contribution in [3.63, 3.8) is 0 Å². The predicted molar refractivity (Wildman–Crippen MR) is 60.2 cm³/mol. The average molecular weight is 211 g/mol. The highest BCUT2D eigenvalue weighted by atomic mass is 16.2. The Morgan fingerprint density at radius 1 is 1.53 bits per heavy atom. The van der Waals surface area contributed by atoms with Gasteiger partial charge in [0.05, 0.1) is 11.5 Å². The van der Waals surface area contributed by atoms with Crippen molar-refractivity contribution in [3.05, 3.63) is 0 Å². The lowest BCUT2D eigenvalue weighted by atomic mass is 9.95. The van der Waals surface area contributed by atoms with Crippen molar-refractivity contribution in [2.24, 2.45) is 5.41 Å². The minimum Gasteiger partial charge on any atom is -0.349 e. The van der Waals surface area contributed by atoms with E-state index >= 15 is 0 Å². The van der Waals surface area contributed by atoms with Crippen molar-refractivity contribution < 1.29 is 4.79 Å². The van der Waals surface area contributed by atoms with Gasteiger partial charge in [-0.3, -0.25) is 4.79 Å². The maximum atomic E-state index is 11.4. The van der Waals surface area contributed by atoms with Crippen molar-refractivity contribution >= 4 is 5.91 Å². The van der Waals surface area contributed by atoms with Gasteiger partial charge in [0.2, 0.25) is 5.91 Å². The molecule has 0 radical (unpaired) electrons. The number of nitrogens with zero attached hydrogens (tertiary/aromatic N) is 2. The van der Waals surface area contributed by atoms with Gasteiger partial charge in [0, 0.05) is 33.1 Å². The first-order valence-electron chi connectivity index (χ1n) is 5.13. The molecule has 0 aromatic carbocycles. The number of carbonyl (C=O) groups is 1. The first-order valence-corrected chi connectivity index (χ1v) is 5.13. The lowest BCUT2D eigenvalue weighted by Gasteiger charge is -2.21. The molecule has 0 fully saturated rings. The second-order valence-corrected chi connectivity index (χ2v) is 4.77. The zero-order valence-corrected chi connectivity index (χ0v) is 10.3. The van der Waals surface area contributed by atoms with Crippen molar-refractivity contribution in [2.45, 2.75) is 33.2 Å². The van der Waals surface area contributed by atoms with Crippen LogP contribution in [0.5, 0.6) is 0 Å². The summed E-state index contributed by atoms with van der Waals surface area (Å²) in [7, 11) is 3.49. The predicted octanol–water partition coefficient (Wildman–Crippen LogP) is 0.993. The molecule has 0 saturated carbocycles. The number of rotatable bonds is 5. The average Bonchev–Trinajstić information content (AvgIpc) is 2.15. The first kappa shape index (κ1) is 13.9. The molecule has 0 saturated heterocycles. The Labute approximate surface area is 92.3 Å². The normalized spacial score (nSPS) is 13.1. The van der Waals surface area contributed by atoms with Crippen molar-refractivity contribution in [1.29, 1.82) is 5.26 Å². The molecule has 4 nitrogen and oxygen atoms in total. The van der Waals surface area contributed by atoms with Gasteiger partial charge in [-0.2, -0.15) is 5.26 Å². The van der Waals surface area contributed by atoms with Gasteiger partial charge >= 0.3 is 0 Å². The molecule has 1 atom stereocenters. The second kappa shape index (κ2) is 5.72. The van der Waals surface area contributed by atoms with E-state index in [-0.39, 0.29) is 17.4 Å². The van der Waals surface area contributed by atoms with Gasteiger partial charge in [-0.1, -0.05) is 0 Å². The molecule has 0 aliphatic rings. The van der Waals surface area contributed by atoms with Crippen LogP contribution in [0, 0.1) is 16.7 Å². The standard InChI is InChI=1S/C11H21N3O/c1-9(6-10(15)14(4)5)13-8-11(2,3)7-12/h9,13H,6,8H2,1-5H3. The van der Waals surface area contributed by atoms with Crippen LogP contribution in [0.1, 0.15) is 27.2 Å². The van der Waals surface area contributed by atoms with Crippen molar-refractivity contribution in [3.8, 4) is 6.07 Å². The van der Waals surface area contributed by atoms with Crippen LogP contribution in [0.4, 0.5) is 0 Å². The fourth-order valence-electron chi connectivity index (χ4n) is 0.986. The lowest BCUT2D eigenvalue weighted by Crippen LogP contribution is -2.38. The van der Waals surface area contributed by atoms with E-state index in [1.807, 2.05) is 20.8 Å². The van der Waals surface area contributed by atoms with Gasteiger partial charge in [-0.25, -0.2) is 0 Å². The summed E-state index contributed by atoms with van der Waals surface area (Å²) in [5, 5.41) is 12.0. The molecule has 0 aliphatic heterocycles. The summed E-state index contributed by atoms with van der Waals surface area (Å²) in [6, 6.07) is 2.32. The fourth-order valence-corrected chi connectivity index (χ4v) is 0.986. The Kier molecular flexibility index (Phi) is 5.31. The van der Waals surface area contributed by atoms with Gasteiger partial charge in [0.25, 0.3) is 0 Å². The van der Waals surface area contributed by atoms with E-state index in [4.69, 9.17) is 5.26 Å². The first-order chi connectivity index (χ1) is 6.78. The van der Waals surface area contributed by atoms with Crippen LogP contribution in [0.2, 0.25) is 0 Å². The highest BCUT2D eigenvalue weighted by Crippen LogP contribution is 2.11. The number of hydrogen-bond acceptors (Lipinski definition) is 3. The monoisotopic (exact) mass is 211 g/mol. The largest absolute Gasteiger partial charge is 0.349 e. The highest BCUT2D eigenvalue weighted by molar-refractivity contribution is 5.76. The Hall–Kier alpha value is -1.08. The van der Waals surface area contributed by atoms with Crippen LogP contribution >= 0.6 is 0 Å². The van der Waals surface area contributed by atoms with Crippen LogP contribution in [-0.2, 0) is 4.79 Å². The third kappa shape index (κ3) is 6.08. The molecule has 4 heteroatoms. The second-order valence-electron chi connectivity index (χ2n) is 4.77. The maximum Gasteiger partial charge on any atom is 0.223 e. The quantitative estimate of drug-likeness (QED) is 0.738. The molecular formula is C11H21N3O. The fraction of sp³-hybridized carbons (Fsp3) is 0.818. The molecule has 15 heavy (non-hydrogen) atoms. The summed E-state index contributed by atoms with van der Waals surface area (Å²) in [5.41, 5.74) is -0.380. The molecule has 0 aliphatic carbocycles. The van der Waals surface area contributed by atoms with Crippen LogP contribution < -0.4 is 5.32 Å². The number of nitriles is 1. The Morgan fingerprint density at radius 3 is 2.47 bits per heavy atom. The lowest BCUT2D eigenvalue weighted by molar-refractivity contribution is -0.129. The van der Waals surface area contributed by atoms with E-state index in [9.17, 15) is 4.79 Å². The molecule has 0 aromatic rings. The van der Waals surface area contributed by atoms with E-state index in [0.717, 1.165) is 0 Å². The number of nitrogens with one attached hydrogen (secondary N) is 1. The Balaban J connectivity index is 3.92. The summed E-state index contributed by atoms with van der Waals surface area (Å²) in [4.78, 5) is 12.9. The van der Waals surface area contributed by atoms with Crippen LogP contribution in [-0.4, -0.2) is 37.5 Å². The summed E-state index contributed by atoms with van der Waals surface area (Å²) in [5.74, 6) is 0.102. The zero-order valence-electron chi connectivity index (χ0n) is 10.3. The number of hydrogen-bond donors (Lipinski definition) is 1. The van der Waals surface area contributed by atoms with Crippen molar-refractivity contribution in [2.75, 3.05) is 20.6 Å². The number of amides is 1. The van der Waals surface area contributed by atoms with E-state index in [1.165, 1.54) is 0 Å². The summed E-state index contributed by atoms with van der Waals surface area (Å²) >= 11 is 0. The molecule has 0 spiro atoms. The highest BCUT2D eigenvalue weighted by Gasteiger charge is 2.18. The minimum absolute atomic E-state index is 0.102. The Morgan fingerprint density at radius 2 is 2.07 bits per heavy atom. The number of carbonyl (C=O) groups excluding carboxylic acids is 1. The molecule has 1 amide bonds. The van der Waals surface area contributed by atoms with Crippen LogP contribution in [0.25, 0.3) is 0 Å². The minimum atomic E-state index is -0.380. The maximum absolute atomic E-state index is 11.4. The third-order valence-electron chi connectivity index (χ3n) is 2.17. The molecule has 0 aromatic heterocycles. The summed E-state index contributed by atoms with van der Waals surface area (Å²) < 4.78 is 0. The summed E-state index contributed by atoms with van der Waals surface area (Å²) in [6.45, 7) is 6.31. The molecule has 1 N–H and O–H groups in total. The van der Waals surface area contributed by atoms with Gasteiger partial charge in [-0.05, 0) is 20.8 Å². The Bertz CT molecular complexity index is 253. The molecule has 1 unspecified atom stereocenters. The van der Waals surface area contributed by atoms with E-state index < -0.39 is 0 Å². The molecule has 0 bridgehead atoms. The van der Waals surface area contributed by atoms with Crippen molar-refractivity contribution in [1.82, 2.24) is 10.2 Å². The molecule has 0 heterocycles. The smallest absolute Gasteiger partial charge is 0.223 e. The van der Waals surface area contributed by atoms with Gasteiger partial charge in [-0.15, -0.1) is 0 Å². The topological polar surface area (TPSA) is 56.1 Å². The third-order valence-corrected chi connectivity index (χ3v) is 2.17. The van der Waals surface area contributed by atoms with Gasteiger partial charge in [0.15, 0.2) is 0 Å². The van der Waals surface area contributed by atoms with E-state index in [2.05, 4.69) is 11.4 Å². The molecule has 0 rings (SSSR count). The molecule has 86 valence electrons. The summed E-state index contributed by atoms with van der Waals surface area (Å²) in [6.07, 6.45) is 0.467. The van der Waals surface area contributed by atoms with Crippen LogP contribution in [0.3, 0.4) is 0 Å². The van der Waals surface area contributed by atoms with Crippen LogP contribution in [0.15, 0.2) is 0 Å². The zero-order chi connectivity index (χ0) is 12.1. The van der Waals surface area contributed by atoms with Gasteiger partial charge in [0.1, 0.15) is 0 Å². The van der Waals surface area contributed by atoms with Gasteiger partial charge < -0.3 is 10.2 Å². The SMILES string of the molecule is CC(CC(=O)N(C)C)NCC(C)(C)C#N. The van der Waals surface area contributed by atoms with E-state index in [1.54, 1.807) is 19.0 Å². The van der Waals surface area contributed by atoms with E-state index in [0.29, 0.717) is 13.0 Å².